The summed E-state index contributed by atoms with van der Waals surface area (Å²) in [5.74, 6) is -0.515. The third-order valence-corrected chi connectivity index (χ3v) is 9.67. The third-order valence-electron chi connectivity index (χ3n) is 9.67. The molecule has 3 unspecified atom stereocenters. The molecule has 40 heavy (non-hydrogen) atoms. The van der Waals surface area contributed by atoms with Gasteiger partial charge in [0.2, 0.25) is 5.91 Å². The summed E-state index contributed by atoms with van der Waals surface area (Å²) in [6.07, 6.45) is 2.42. The summed E-state index contributed by atoms with van der Waals surface area (Å²) in [7, 11) is 2.99. The predicted octanol–water partition coefficient (Wildman–Crippen LogP) is 4.55. The van der Waals surface area contributed by atoms with Crippen molar-refractivity contribution in [2.24, 2.45) is 17.8 Å². The van der Waals surface area contributed by atoms with Crippen LogP contribution in [-0.4, -0.2) is 87.8 Å². The molecular formula is C30H42F3N3O4. The highest BCUT2D eigenvalue weighted by Gasteiger charge is 2.43. The van der Waals surface area contributed by atoms with Gasteiger partial charge in [-0.2, -0.15) is 13.2 Å². The fourth-order valence-corrected chi connectivity index (χ4v) is 7.46. The van der Waals surface area contributed by atoms with E-state index >= 15 is 0 Å². The minimum Gasteiger partial charge on any atom is -0.469 e. The van der Waals surface area contributed by atoms with E-state index in [1.54, 1.807) is 13.2 Å². The normalized spacial score (nSPS) is 27.1. The van der Waals surface area contributed by atoms with Crippen LogP contribution >= 0.6 is 0 Å². The molecule has 3 heterocycles. The maximum absolute atomic E-state index is 13.8. The van der Waals surface area contributed by atoms with Gasteiger partial charge in [0.15, 0.2) is 0 Å². The quantitative estimate of drug-likeness (QED) is 0.453. The monoisotopic (exact) mass is 565 g/mol. The van der Waals surface area contributed by atoms with Crippen LogP contribution in [0, 0.1) is 17.8 Å². The number of methoxy groups -OCH3 is 2. The number of nitrogens with zero attached hydrogens (tertiary/aromatic N) is 3. The molecule has 3 aliphatic heterocycles. The van der Waals surface area contributed by atoms with Gasteiger partial charge in [-0.1, -0.05) is 18.9 Å². The van der Waals surface area contributed by atoms with Gasteiger partial charge in [0.25, 0.3) is 0 Å². The summed E-state index contributed by atoms with van der Waals surface area (Å²) in [5, 5.41) is 0. The second kappa shape index (κ2) is 12.3. The molecule has 4 aliphatic rings. The summed E-state index contributed by atoms with van der Waals surface area (Å²) in [6, 6.07) is 4.61. The van der Waals surface area contributed by atoms with Crippen LogP contribution in [0.3, 0.4) is 0 Å². The number of hydrogen-bond donors (Lipinski definition) is 0. The van der Waals surface area contributed by atoms with E-state index < -0.39 is 11.7 Å². The van der Waals surface area contributed by atoms with Crippen LogP contribution in [0.2, 0.25) is 0 Å². The van der Waals surface area contributed by atoms with Gasteiger partial charge in [-0.25, -0.2) is 0 Å². The number of esters is 1. The Kier molecular flexibility index (Phi) is 8.95. The molecule has 222 valence electrons. The van der Waals surface area contributed by atoms with E-state index in [1.165, 1.54) is 38.9 Å². The summed E-state index contributed by atoms with van der Waals surface area (Å²) in [6.45, 7) is 4.16. The van der Waals surface area contributed by atoms with E-state index in [-0.39, 0.29) is 35.5 Å². The van der Waals surface area contributed by atoms with Crippen molar-refractivity contribution in [2.75, 3.05) is 65.0 Å². The number of carbonyl (C=O) groups excluding carboxylic acids is 2. The molecule has 0 spiro atoms. The van der Waals surface area contributed by atoms with Crippen molar-refractivity contribution in [3.05, 3.63) is 29.3 Å². The molecule has 0 bridgehead atoms. The highest BCUT2D eigenvalue weighted by molar-refractivity contribution is 5.80. The molecule has 1 saturated carbocycles. The van der Waals surface area contributed by atoms with Gasteiger partial charge in [0.05, 0.1) is 31.1 Å². The van der Waals surface area contributed by atoms with Crippen molar-refractivity contribution in [1.29, 1.82) is 0 Å². The number of halogens is 3. The van der Waals surface area contributed by atoms with Gasteiger partial charge in [0.1, 0.15) is 0 Å². The SMILES string of the molecule is COCC1CN(C(=O)C2CCN(C3CCCC3)C2)CC1c1ccc(C(F)(F)F)cc1N1CCC(C(=O)OC)CC1. The Morgan fingerprint density at radius 1 is 0.925 bits per heavy atom. The van der Waals surface area contributed by atoms with Crippen LogP contribution in [-0.2, 0) is 25.2 Å². The molecule has 3 saturated heterocycles. The molecule has 3 atom stereocenters. The van der Waals surface area contributed by atoms with Gasteiger partial charge in [-0.05, 0) is 56.3 Å². The molecule has 1 amide bonds. The molecule has 1 aromatic carbocycles. The second-order valence-electron chi connectivity index (χ2n) is 12.0. The average molecular weight is 566 g/mol. The average Bonchev–Trinajstić information content (AvgIpc) is 3.73. The van der Waals surface area contributed by atoms with Crippen molar-refractivity contribution in [1.82, 2.24) is 9.80 Å². The smallest absolute Gasteiger partial charge is 0.416 e. The molecule has 7 nitrogen and oxygen atoms in total. The highest BCUT2D eigenvalue weighted by Crippen LogP contribution is 2.43. The number of likely N-dealkylation sites (tertiary alicyclic amines) is 2. The number of carbonyl (C=O) groups is 2. The Hall–Kier alpha value is -2.33. The number of benzene rings is 1. The topological polar surface area (TPSA) is 62.3 Å². The number of hydrogen-bond acceptors (Lipinski definition) is 6. The molecule has 1 aliphatic carbocycles. The van der Waals surface area contributed by atoms with E-state index in [1.807, 2.05) is 9.80 Å². The van der Waals surface area contributed by atoms with Crippen molar-refractivity contribution in [2.45, 2.75) is 63.1 Å². The van der Waals surface area contributed by atoms with Crippen LogP contribution in [0.15, 0.2) is 18.2 Å². The number of piperidine rings is 1. The summed E-state index contributed by atoms with van der Waals surface area (Å²) in [5.41, 5.74) is 0.682. The Morgan fingerprint density at radius 2 is 1.62 bits per heavy atom. The van der Waals surface area contributed by atoms with Crippen LogP contribution in [0.4, 0.5) is 18.9 Å². The predicted molar refractivity (Wildman–Crippen MR) is 145 cm³/mol. The van der Waals surface area contributed by atoms with Crippen molar-refractivity contribution < 1.29 is 32.2 Å². The molecule has 10 heteroatoms. The Balaban J connectivity index is 1.36. The zero-order valence-electron chi connectivity index (χ0n) is 23.6. The van der Waals surface area contributed by atoms with Gasteiger partial charge in [0, 0.05) is 63.4 Å². The van der Waals surface area contributed by atoms with E-state index in [0.29, 0.717) is 57.4 Å². The Labute approximate surface area is 234 Å². The molecule has 0 aromatic heterocycles. The fourth-order valence-electron chi connectivity index (χ4n) is 7.46. The maximum atomic E-state index is 13.8. The van der Waals surface area contributed by atoms with Gasteiger partial charge >= 0.3 is 12.1 Å². The van der Waals surface area contributed by atoms with E-state index in [0.717, 1.165) is 31.1 Å². The van der Waals surface area contributed by atoms with Crippen molar-refractivity contribution in [3.63, 3.8) is 0 Å². The van der Waals surface area contributed by atoms with E-state index in [9.17, 15) is 22.8 Å². The highest BCUT2D eigenvalue weighted by atomic mass is 19.4. The Morgan fingerprint density at radius 3 is 2.27 bits per heavy atom. The third kappa shape index (κ3) is 6.12. The van der Waals surface area contributed by atoms with Gasteiger partial charge < -0.3 is 19.3 Å². The van der Waals surface area contributed by atoms with Gasteiger partial charge in [-0.3, -0.25) is 14.5 Å². The van der Waals surface area contributed by atoms with E-state index in [4.69, 9.17) is 9.47 Å². The molecule has 4 fully saturated rings. The molecule has 5 rings (SSSR count). The van der Waals surface area contributed by atoms with Crippen LogP contribution in [0.25, 0.3) is 0 Å². The van der Waals surface area contributed by atoms with Crippen LogP contribution in [0.1, 0.15) is 62.0 Å². The molecule has 0 radical (unpaired) electrons. The zero-order chi connectivity index (χ0) is 28.4. The van der Waals surface area contributed by atoms with Crippen LogP contribution < -0.4 is 4.90 Å². The minimum atomic E-state index is -4.46. The first-order valence-electron chi connectivity index (χ1n) is 14.7. The molecular weight excluding hydrogens is 523 g/mol. The molecule has 1 aromatic rings. The zero-order valence-corrected chi connectivity index (χ0v) is 23.6. The lowest BCUT2D eigenvalue weighted by Gasteiger charge is -2.35. The number of rotatable bonds is 7. The summed E-state index contributed by atoms with van der Waals surface area (Å²) < 4.78 is 51.8. The lowest BCUT2D eigenvalue weighted by atomic mass is 9.86. The van der Waals surface area contributed by atoms with Gasteiger partial charge in [-0.15, -0.1) is 0 Å². The first-order chi connectivity index (χ1) is 19.2. The van der Waals surface area contributed by atoms with Crippen molar-refractivity contribution >= 4 is 17.6 Å². The lowest BCUT2D eigenvalue weighted by molar-refractivity contribution is -0.146. The van der Waals surface area contributed by atoms with Crippen LogP contribution in [0.5, 0.6) is 0 Å². The fraction of sp³-hybridized carbons (Fsp3) is 0.733. The van der Waals surface area contributed by atoms with E-state index in [2.05, 4.69) is 4.90 Å². The minimum absolute atomic E-state index is 0.00983. The Bertz CT molecular complexity index is 1050. The standard InChI is InChI=1S/C30H42F3N3O4/c1-39-19-22-17-36(28(37)21-11-14-35(16-21)24-5-3-4-6-24)18-26(22)25-8-7-23(30(31,32)33)15-27(25)34-12-9-20(10-13-34)29(38)40-2/h7-8,15,20-22,24,26H,3-6,9-14,16-19H2,1-2H3. The largest absolute Gasteiger partial charge is 0.469 e. The second-order valence-corrected chi connectivity index (χ2v) is 12.0. The molecule has 0 N–H and O–H groups in total. The first-order valence-corrected chi connectivity index (χ1v) is 14.7. The lowest BCUT2D eigenvalue weighted by Crippen LogP contribution is -2.38. The maximum Gasteiger partial charge on any atom is 0.416 e. The first kappa shape index (κ1) is 29.2. The number of anilines is 1. The number of amides is 1. The number of ether oxygens (including phenoxy) is 2. The van der Waals surface area contributed by atoms with Crippen molar-refractivity contribution in [3.8, 4) is 0 Å². The number of alkyl halides is 3. The summed E-state index contributed by atoms with van der Waals surface area (Å²) >= 11 is 0. The summed E-state index contributed by atoms with van der Waals surface area (Å²) in [4.78, 5) is 32.1.